The van der Waals surface area contributed by atoms with E-state index in [0.717, 1.165) is 4.90 Å². The van der Waals surface area contributed by atoms with Gasteiger partial charge in [0.25, 0.3) is 0 Å². The van der Waals surface area contributed by atoms with Crippen molar-refractivity contribution in [2.75, 3.05) is 13.1 Å². The smallest absolute Gasteiger partial charge is 0.410 e. The number of likely N-dealkylation sites (tertiary alicyclic amines) is 1. The van der Waals surface area contributed by atoms with E-state index in [1.807, 2.05) is 0 Å². The van der Waals surface area contributed by atoms with Crippen molar-refractivity contribution in [1.29, 1.82) is 0 Å². The van der Waals surface area contributed by atoms with Crippen LogP contribution in [0.4, 0.5) is 4.79 Å². The maximum absolute atomic E-state index is 11.7. The number of carboxylic acids is 1. The Bertz CT molecular complexity index is 325. The normalized spacial score (nSPS) is 28.9. The average Bonchev–Trinajstić information content (AvgIpc) is 2.12. The number of nitrogens with zero attached hydrogens (tertiary/aromatic N) is 1. The van der Waals surface area contributed by atoms with Gasteiger partial charge >= 0.3 is 12.1 Å². The first kappa shape index (κ1) is 14.7. The first-order chi connectivity index (χ1) is 8.11. The minimum Gasteiger partial charge on any atom is -0.481 e. The van der Waals surface area contributed by atoms with Crippen LogP contribution in [0.2, 0.25) is 0 Å². The maximum Gasteiger partial charge on any atom is 0.410 e. The minimum atomic E-state index is -1.31. The molecule has 1 fully saturated rings. The fourth-order valence-electron chi connectivity index (χ4n) is 1.81. The highest BCUT2D eigenvalue weighted by Gasteiger charge is 2.42. The molecule has 0 aromatic carbocycles. The van der Waals surface area contributed by atoms with Crippen molar-refractivity contribution in [2.24, 2.45) is 5.92 Å². The largest absolute Gasteiger partial charge is 0.481 e. The molecule has 1 rings (SSSR count). The molecule has 1 saturated heterocycles. The summed E-state index contributed by atoms with van der Waals surface area (Å²) in [7, 11) is 0. The topological polar surface area (TPSA) is 107 Å². The van der Waals surface area contributed by atoms with Crippen molar-refractivity contribution < 1.29 is 29.6 Å². The number of piperidine rings is 1. The van der Waals surface area contributed by atoms with Gasteiger partial charge in [-0.25, -0.2) is 4.79 Å². The molecular formula is C11H19NO6. The molecule has 1 amide bonds. The molecule has 3 atom stereocenters. The average molecular weight is 261 g/mol. The Kier molecular flexibility index (Phi) is 4.18. The quantitative estimate of drug-likeness (QED) is 0.596. The fourth-order valence-corrected chi connectivity index (χ4v) is 1.81. The Morgan fingerprint density at radius 1 is 1.17 bits per heavy atom. The predicted octanol–water partition coefficient (Wildman–Crippen LogP) is -0.340. The standard InChI is InChI=1S/C11H19NO6/c1-11(2,3)18-10(17)12-4-6(13)8(9(15)16)7(14)5-12/h6-8,13-14H,4-5H2,1-3H3,(H,15,16)/t6-,7+,8?. The third kappa shape index (κ3) is 3.58. The van der Waals surface area contributed by atoms with Crippen LogP contribution in [0, 0.1) is 5.92 Å². The summed E-state index contributed by atoms with van der Waals surface area (Å²) in [4.78, 5) is 23.7. The second kappa shape index (κ2) is 5.11. The monoisotopic (exact) mass is 261 g/mol. The summed E-state index contributed by atoms with van der Waals surface area (Å²) in [5.74, 6) is -2.55. The molecule has 1 heterocycles. The number of amides is 1. The highest BCUT2D eigenvalue weighted by atomic mass is 16.6. The summed E-state index contributed by atoms with van der Waals surface area (Å²) in [6.07, 6.45) is -3.29. The highest BCUT2D eigenvalue weighted by Crippen LogP contribution is 2.21. The lowest BCUT2D eigenvalue weighted by Gasteiger charge is -2.37. The molecule has 0 spiro atoms. The number of hydrogen-bond acceptors (Lipinski definition) is 5. The number of β-amino-alcohol motifs (C(OH)–C–C–N with tert-alkyl or cyclic N) is 2. The van der Waals surface area contributed by atoms with Crippen LogP contribution >= 0.6 is 0 Å². The van der Waals surface area contributed by atoms with Crippen molar-refractivity contribution in [2.45, 2.75) is 38.6 Å². The number of aliphatic carboxylic acids is 1. The first-order valence-electron chi connectivity index (χ1n) is 5.68. The van der Waals surface area contributed by atoms with E-state index < -0.39 is 35.8 Å². The van der Waals surface area contributed by atoms with E-state index in [0.29, 0.717) is 0 Å². The number of hydrogen-bond donors (Lipinski definition) is 3. The van der Waals surface area contributed by atoms with Gasteiger partial charge in [-0.05, 0) is 20.8 Å². The molecule has 1 aliphatic rings. The van der Waals surface area contributed by atoms with Crippen LogP contribution in [0.5, 0.6) is 0 Å². The second-order valence-corrected chi connectivity index (χ2v) is 5.38. The molecule has 0 saturated carbocycles. The molecule has 0 aliphatic carbocycles. The summed E-state index contributed by atoms with van der Waals surface area (Å²) < 4.78 is 5.09. The summed E-state index contributed by atoms with van der Waals surface area (Å²) in [5.41, 5.74) is -0.684. The van der Waals surface area contributed by atoms with Gasteiger partial charge in [-0.3, -0.25) is 4.79 Å². The van der Waals surface area contributed by atoms with Gasteiger partial charge in [-0.15, -0.1) is 0 Å². The zero-order valence-corrected chi connectivity index (χ0v) is 10.7. The predicted molar refractivity (Wildman–Crippen MR) is 60.9 cm³/mol. The van der Waals surface area contributed by atoms with E-state index in [4.69, 9.17) is 9.84 Å². The van der Waals surface area contributed by atoms with Crippen molar-refractivity contribution in [1.82, 2.24) is 4.90 Å². The lowest BCUT2D eigenvalue weighted by atomic mass is 9.91. The van der Waals surface area contributed by atoms with Gasteiger partial charge in [-0.2, -0.15) is 0 Å². The van der Waals surface area contributed by atoms with Gasteiger partial charge in [0, 0.05) is 0 Å². The molecule has 1 aliphatic heterocycles. The Hall–Kier alpha value is -1.34. The van der Waals surface area contributed by atoms with Crippen LogP contribution in [-0.2, 0) is 9.53 Å². The Balaban J connectivity index is 2.68. The van der Waals surface area contributed by atoms with Gasteiger partial charge in [0.05, 0.1) is 25.3 Å². The van der Waals surface area contributed by atoms with Gasteiger partial charge in [-0.1, -0.05) is 0 Å². The Morgan fingerprint density at radius 2 is 1.61 bits per heavy atom. The molecule has 1 unspecified atom stereocenters. The van der Waals surface area contributed by atoms with Crippen molar-refractivity contribution >= 4 is 12.1 Å². The molecular weight excluding hydrogens is 242 g/mol. The Morgan fingerprint density at radius 3 is 1.94 bits per heavy atom. The lowest BCUT2D eigenvalue weighted by Crippen LogP contribution is -2.57. The summed E-state index contributed by atoms with van der Waals surface area (Å²) in [6, 6.07) is 0. The summed E-state index contributed by atoms with van der Waals surface area (Å²) >= 11 is 0. The van der Waals surface area contributed by atoms with E-state index in [1.54, 1.807) is 20.8 Å². The molecule has 7 nitrogen and oxygen atoms in total. The number of carbonyl (C=O) groups excluding carboxylic acids is 1. The summed E-state index contributed by atoms with van der Waals surface area (Å²) in [5, 5.41) is 28.1. The maximum atomic E-state index is 11.7. The van der Waals surface area contributed by atoms with Crippen molar-refractivity contribution in [3.63, 3.8) is 0 Å². The van der Waals surface area contributed by atoms with Gasteiger partial charge in [0.15, 0.2) is 0 Å². The van der Waals surface area contributed by atoms with Gasteiger partial charge < -0.3 is 25.0 Å². The molecule has 104 valence electrons. The molecule has 0 aromatic heterocycles. The van der Waals surface area contributed by atoms with Gasteiger partial charge in [0.1, 0.15) is 11.5 Å². The molecule has 7 heteroatoms. The van der Waals surface area contributed by atoms with Crippen LogP contribution in [0.15, 0.2) is 0 Å². The highest BCUT2D eigenvalue weighted by molar-refractivity contribution is 5.73. The number of aliphatic hydroxyl groups excluding tert-OH is 2. The van der Waals surface area contributed by atoms with E-state index in [1.165, 1.54) is 0 Å². The molecule has 0 aromatic rings. The third-order valence-electron chi connectivity index (χ3n) is 2.58. The van der Waals surface area contributed by atoms with E-state index in [2.05, 4.69) is 0 Å². The Labute approximate surface area is 105 Å². The van der Waals surface area contributed by atoms with Gasteiger partial charge in [0.2, 0.25) is 0 Å². The number of rotatable bonds is 1. The number of aliphatic hydroxyl groups is 2. The van der Waals surface area contributed by atoms with Crippen molar-refractivity contribution in [3.8, 4) is 0 Å². The van der Waals surface area contributed by atoms with E-state index in [-0.39, 0.29) is 13.1 Å². The molecule has 18 heavy (non-hydrogen) atoms. The van der Waals surface area contributed by atoms with Crippen molar-refractivity contribution in [3.05, 3.63) is 0 Å². The second-order valence-electron chi connectivity index (χ2n) is 5.38. The third-order valence-corrected chi connectivity index (χ3v) is 2.58. The van der Waals surface area contributed by atoms with Crippen LogP contribution in [0.3, 0.4) is 0 Å². The first-order valence-corrected chi connectivity index (χ1v) is 5.68. The zero-order chi connectivity index (χ0) is 14.1. The zero-order valence-electron chi connectivity index (χ0n) is 10.7. The number of ether oxygens (including phenoxy) is 1. The molecule has 0 bridgehead atoms. The SMILES string of the molecule is CC(C)(C)OC(=O)N1C[C@@H](O)C(C(=O)O)[C@@H](O)C1. The van der Waals surface area contributed by atoms with Crippen LogP contribution in [0.1, 0.15) is 20.8 Å². The lowest BCUT2D eigenvalue weighted by molar-refractivity contribution is -0.157. The number of carboxylic acid groups (broad SMARTS) is 1. The van der Waals surface area contributed by atoms with Crippen LogP contribution in [-0.4, -0.2) is 63.2 Å². The summed E-state index contributed by atoms with van der Waals surface area (Å²) in [6.45, 7) is 4.76. The van der Waals surface area contributed by atoms with E-state index in [9.17, 15) is 19.8 Å². The van der Waals surface area contributed by atoms with E-state index >= 15 is 0 Å². The van der Waals surface area contributed by atoms with Crippen LogP contribution < -0.4 is 0 Å². The minimum absolute atomic E-state index is 0.164. The molecule has 3 N–H and O–H groups in total. The molecule has 0 radical (unpaired) electrons. The van der Waals surface area contributed by atoms with Crippen LogP contribution in [0.25, 0.3) is 0 Å². The number of carbonyl (C=O) groups is 2. The fraction of sp³-hybridized carbons (Fsp3) is 0.818.